The van der Waals surface area contributed by atoms with Gasteiger partial charge in [0.25, 0.3) is 5.91 Å². The average molecular weight is 381 g/mol. The molecule has 0 saturated carbocycles. The van der Waals surface area contributed by atoms with Crippen LogP contribution < -0.4 is 10.1 Å². The Hall–Kier alpha value is -2.33. The van der Waals surface area contributed by atoms with Crippen LogP contribution in [0.2, 0.25) is 0 Å². The number of amides is 1. The van der Waals surface area contributed by atoms with Crippen LogP contribution in [0.15, 0.2) is 42.5 Å². The Bertz CT molecular complexity index is 839. The molecule has 1 saturated heterocycles. The first-order valence-corrected chi connectivity index (χ1v) is 10.1. The van der Waals surface area contributed by atoms with Gasteiger partial charge in [-0.3, -0.25) is 9.69 Å². The lowest BCUT2D eigenvalue weighted by Gasteiger charge is -2.33. The number of nitrogens with one attached hydrogen (secondary N) is 1. The minimum Gasteiger partial charge on any atom is -0.496 e. The molecule has 1 aliphatic rings. The summed E-state index contributed by atoms with van der Waals surface area (Å²) in [6.45, 7) is 7.49. The standard InChI is InChI=1S/C24H32N2O2/c1-24(2,3)20-13-9-12-19(22(20)28-5)23(27)25-18-11-8-10-17(16-18)21-14-6-7-15-26(21)4/h8-13,16,21H,6-7,14-15H2,1-5H3,(H,25,27). The van der Waals surface area contributed by atoms with Gasteiger partial charge in [0, 0.05) is 17.3 Å². The number of methoxy groups -OCH3 is 1. The molecule has 3 rings (SSSR count). The molecular formula is C24H32N2O2. The molecule has 0 bridgehead atoms. The fourth-order valence-corrected chi connectivity index (χ4v) is 4.04. The number of nitrogens with zero attached hydrogens (tertiary/aromatic N) is 1. The Labute approximate surface area is 168 Å². The van der Waals surface area contributed by atoms with E-state index >= 15 is 0 Å². The minimum atomic E-state index is -0.142. The van der Waals surface area contributed by atoms with Gasteiger partial charge in [-0.15, -0.1) is 0 Å². The summed E-state index contributed by atoms with van der Waals surface area (Å²) in [4.78, 5) is 15.4. The summed E-state index contributed by atoms with van der Waals surface area (Å²) in [5, 5.41) is 3.07. The highest BCUT2D eigenvalue weighted by Gasteiger charge is 2.24. The van der Waals surface area contributed by atoms with Gasteiger partial charge in [0.15, 0.2) is 0 Å². The highest BCUT2D eigenvalue weighted by Crippen LogP contribution is 2.35. The second kappa shape index (κ2) is 8.36. The van der Waals surface area contributed by atoms with E-state index < -0.39 is 0 Å². The van der Waals surface area contributed by atoms with Crippen molar-refractivity contribution in [3.05, 3.63) is 59.2 Å². The molecule has 1 heterocycles. The zero-order chi connectivity index (χ0) is 20.3. The summed E-state index contributed by atoms with van der Waals surface area (Å²) in [6.07, 6.45) is 3.67. The van der Waals surface area contributed by atoms with Gasteiger partial charge < -0.3 is 10.1 Å². The molecule has 1 fully saturated rings. The lowest BCUT2D eigenvalue weighted by Crippen LogP contribution is -2.29. The van der Waals surface area contributed by atoms with Gasteiger partial charge in [0.2, 0.25) is 0 Å². The van der Waals surface area contributed by atoms with E-state index in [2.05, 4.69) is 50.2 Å². The Kier molecular flexibility index (Phi) is 6.09. The van der Waals surface area contributed by atoms with Gasteiger partial charge >= 0.3 is 0 Å². The summed E-state index contributed by atoms with van der Waals surface area (Å²) in [6, 6.07) is 14.4. The lowest BCUT2D eigenvalue weighted by molar-refractivity contribution is 0.102. The van der Waals surface area contributed by atoms with Gasteiger partial charge in [-0.05, 0) is 55.6 Å². The SMILES string of the molecule is COc1c(C(=O)Nc2cccc(C3CCCCN3C)c2)cccc1C(C)(C)C. The smallest absolute Gasteiger partial charge is 0.259 e. The topological polar surface area (TPSA) is 41.6 Å². The predicted molar refractivity (Wildman–Crippen MR) is 115 cm³/mol. The van der Waals surface area contributed by atoms with Crippen molar-refractivity contribution in [2.75, 3.05) is 26.0 Å². The van der Waals surface area contributed by atoms with Gasteiger partial charge in [-0.1, -0.05) is 51.5 Å². The fourth-order valence-electron chi connectivity index (χ4n) is 4.04. The summed E-state index contributed by atoms with van der Waals surface area (Å²) < 4.78 is 5.63. The molecule has 4 nitrogen and oxygen atoms in total. The van der Waals surface area contributed by atoms with Gasteiger partial charge in [0.05, 0.1) is 12.7 Å². The number of carbonyl (C=O) groups is 1. The number of ether oxygens (including phenoxy) is 1. The summed E-state index contributed by atoms with van der Waals surface area (Å²) in [7, 11) is 3.80. The van der Waals surface area contributed by atoms with Crippen molar-refractivity contribution in [3.63, 3.8) is 0 Å². The Balaban J connectivity index is 1.85. The predicted octanol–water partition coefficient (Wildman–Crippen LogP) is 5.40. The van der Waals surface area contributed by atoms with Crippen LogP contribution in [0.1, 0.15) is 67.6 Å². The van der Waals surface area contributed by atoms with Crippen LogP contribution >= 0.6 is 0 Å². The van der Waals surface area contributed by atoms with E-state index in [9.17, 15) is 4.79 Å². The van der Waals surface area contributed by atoms with Crippen molar-refractivity contribution in [1.82, 2.24) is 4.90 Å². The molecular weight excluding hydrogens is 348 g/mol. The molecule has 0 aliphatic carbocycles. The molecule has 1 amide bonds. The number of anilines is 1. The third kappa shape index (κ3) is 4.39. The van der Waals surface area contributed by atoms with Crippen molar-refractivity contribution in [3.8, 4) is 5.75 Å². The number of carbonyl (C=O) groups excluding carboxylic acids is 1. The van der Waals surface area contributed by atoms with Crippen LogP contribution in [-0.4, -0.2) is 31.5 Å². The zero-order valence-corrected chi connectivity index (χ0v) is 17.7. The van der Waals surface area contributed by atoms with Crippen molar-refractivity contribution in [2.24, 2.45) is 0 Å². The molecule has 2 aromatic rings. The molecule has 0 aromatic heterocycles. The van der Waals surface area contributed by atoms with E-state index in [0.29, 0.717) is 17.4 Å². The first-order valence-electron chi connectivity index (χ1n) is 10.1. The summed E-state index contributed by atoms with van der Waals surface area (Å²) >= 11 is 0. The molecule has 1 aliphatic heterocycles. The maximum atomic E-state index is 13.0. The average Bonchev–Trinajstić information content (AvgIpc) is 2.67. The quantitative estimate of drug-likeness (QED) is 0.772. The lowest BCUT2D eigenvalue weighted by atomic mass is 9.85. The van der Waals surface area contributed by atoms with E-state index in [4.69, 9.17) is 4.74 Å². The van der Waals surface area contributed by atoms with Crippen LogP contribution in [0, 0.1) is 0 Å². The number of hydrogen-bond acceptors (Lipinski definition) is 3. The van der Waals surface area contributed by atoms with E-state index in [0.717, 1.165) is 24.2 Å². The maximum absolute atomic E-state index is 13.0. The Morgan fingerprint density at radius 3 is 2.57 bits per heavy atom. The van der Waals surface area contributed by atoms with E-state index in [1.54, 1.807) is 7.11 Å². The van der Waals surface area contributed by atoms with E-state index in [1.807, 2.05) is 30.3 Å². The van der Waals surface area contributed by atoms with Crippen molar-refractivity contribution in [1.29, 1.82) is 0 Å². The number of benzene rings is 2. The summed E-state index contributed by atoms with van der Waals surface area (Å²) in [5.74, 6) is 0.507. The molecule has 0 spiro atoms. The summed E-state index contributed by atoms with van der Waals surface area (Å²) in [5.41, 5.74) is 3.57. The third-order valence-corrected chi connectivity index (χ3v) is 5.57. The highest BCUT2D eigenvalue weighted by atomic mass is 16.5. The van der Waals surface area contributed by atoms with Crippen LogP contribution in [0.3, 0.4) is 0 Å². The molecule has 1 atom stereocenters. The van der Waals surface area contributed by atoms with Crippen LogP contribution in [0.25, 0.3) is 0 Å². The largest absolute Gasteiger partial charge is 0.496 e. The number of likely N-dealkylation sites (tertiary alicyclic amines) is 1. The molecule has 1 N–H and O–H groups in total. The first-order chi connectivity index (χ1) is 13.3. The Morgan fingerprint density at radius 2 is 1.89 bits per heavy atom. The van der Waals surface area contributed by atoms with Crippen molar-refractivity contribution < 1.29 is 9.53 Å². The number of rotatable bonds is 4. The molecule has 1 unspecified atom stereocenters. The maximum Gasteiger partial charge on any atom is 0.259 e. The molecule has 28 heavy (non-hydrogen) atoms. The molecule has 2 aromatic carbocycles. The fraction of sp³-hybridized carbons (Fsp3) is 0.458. The zero-order valence-electron chi connectivity index (χ0n) is 17.7. The number of para-hydroxylation sites is 1. The second-order valence-corrected chi connectivity index (χ2v) is 8.71. The number of piperidine rings is 1. The number of hydrogen-bond donors (Lipinski definition) is 1. The molecule has 4 heteroatoms. The monoisotopic (exact) mass is 380 g/mol. The van der Waals surface area contributed by atoms with E-state index in [-0.39, 0.29) is 11.3 Å². The van der Waals surface area contributed by atoms with Crippen LogP contribution in [0.5, 0.6) is 5.75 Å². The molecule has 150 valence electrons. The van der Waals surface area contributed by atoms with E-state index in [1.165, 1.54) is 18.4 Å². The second-order valence-electron chi connectivity index (χ2n) is 8.71. The Morgan fingerprint density at radius 1 is 1.14 bits per heavy atom. The van der Waals surface area contributed by atoms with Crippen molar-refractivity contribution >= 4 is 11.6 Å². The molecule has 0 radical (unpaired) electrons. The van der Waals surface area contributed by atoms with Crippen LogP contribution in [0.4, 0.5) is 5.69 Å². The highest BCUT2D eigenvalue weighted by molar-refractivity contribution is 6.06. The third-order valence-electron chi connectivity index (χ3n) is 5.57. The van der Waals surface area contributed by atoms with Gasteiger partial charge in [-0.2, -0.15) is 0 Å². The van der Waals surface area contributed by atoms with Crippen LogP contribution in [-0.2, 0) is 5.41 Å². The van der Waals surface area contributed by atoms with Gasteiger partial charge in [0.1, 0.15) is 5.75 Å². The van der Waals surface area contributed by atoms with Gasteiger partial charge in [-0.25, -0.2) is 0 Å². The van der Waals surface area contributed by atoms with Crippen molar-refractivity contribution in [2.45, 2.75) is 51.5 Å². The normalized spacial score (nSPS) is 18.0. The minimum absolute atomic E-state index is 0.104. The first kappa shape index (κ1) is 20.4.